The van der Waals surface area contributed by atoms with E-state index in [-0.39, 0.29) is 53.6 Å². The molecule has 0 aliphatic carbocycles. The van der Waals surface area contributed by atoms with E-state index < -0.39 is 0 Å². The van der Waals surface area contributed by atoms with Crippen LogP contribution >= 0.6 is 31.9 Å². The minimum absolute atomic E-state index is 0. The number of carbonyl (C=O) groups is 1. The van der Waals surface area contributed by atoms with Crippen molar-refractivity contribution in [3.8, 4) is 0 Å². The van der Waals surface area contributed by atoms with Crippen LogP contribution in [0.5, 0.6) is 0 Å². The van der Waals surface area contributed by atoms with Crippen LogP contribution in [0, 0.1) is 0 Å². The van der Waals surface area contributed by atoms with E-state index in [1.54, 1.807) is 30.6 Å². The molecule has 5 rings (SSSR count). The van der Waals surface area contributed by atoms with Crippen molar-refractivity contribution < 1.29 is 35.1 Å². The Kier molecular flexibility index (Phi) is 27.1. The van der Waals surface area contributed by atoms with Crippen molar-refractivity contribution in [1.82, 2.24) is 9.97 Å². The number of pyridine rings is 2. The molecule has 274 valence electrons. The second-order valence-corrected chi connectivity index (χ2v) is 18.1. The van der Waals surface area contributed by atoms with Gasteiger partial charge in [0.25, 0.3) is 0 Å². The monoisotopic (exact) mass is 832 g/mol. The molecule has 4 aromatic rings. The molecule has 50 heavy (non-hydrogen) atoms. The minimum atomic E-state index is -0.336. The van der Waals surface area contributed by atoms with E-state index in [2.05, 4.69) is 109 Å². The van der Waals surface area contributed by atoms with Crippen molar-refractivity contribution in [2.24, 2.45) is 0 Å². The van der Waals surface area contributed by atoms with Crippen LogP contribution in [0.4, 0.5) is 0 Å². The summed E-state index contributed by atoms with van der Waals surface area (Å²) in [4.78, 5) is 19.7. The first-order valence-electron chi connectivity index (χ1n) is 15.6. The summed E-state index contributed by atoms with van der Waals surface area (Å²) in [5.41, 5.74) is 3.21. The van der Waals surface area contributed by atoms with Crippen LogP contribution in [0.15, 0.2) is 69.9 Å². The van der Waals surface area contributed by atoms with Gasteiger partial charge in [0, 0.05) is 64.2 Å². The Morgan fingerprint density at radius 3 is 1.56 bits per heavy atom. The van der Waals surface area contributed by atoms with E-state index in [1.165, 1.54) is 20.0 Å². The zero-order valence-corrected chi connectivity index (χ0v) is 36.3. The number of methoxy groups -OCH3 is 1. The molecular weight excluding hydrogens is 778 g/mol. The molecule has 0 bridgehead atoms. The summed E-state index contributed by atoms with van der Waals surface area (Å²) in [6.07, 6.45) is 6.04. The Morgan fingerprint density at radius 2 is 1.22 bits per heavy atom. The number of hydrogen-bond acceptors (Lipinski definition) is 7. The molecule has 2 aromatic heterocycles. The van der Waals surface area contributed by atoms with Crippen LogP contribution in [0.1, 0.15) is 91.1 Å². The SMILES string of the molecule is C1CCOC1.CC(C)(C)OC(C)(C)C.COC(=O)c1ccc2ncc(Br)cc2c1.C[C](C)(C)[AlH].O.O.OCc1ccc2ncc(Br)cc2c1.[Li]. The molecule has 0 saturated carbocycles. The summed E-state index contributed by atoms with van der Waals surface area (Å²) < 4.78 is 17.6. The van der Waals surface area contributed by atoms with Gasteiger partial charge in [-0.05, 0) is 134 Å². The van der Waals surface area contributed by atoms with Crippen LogP contribution in [0.2, 0.25) is 4.28 Å². The van der Waals surface area contributed by atoms with Crippen molar-refractivity contribution in [3.05, 3.63) is 81.0 Å². The number of fused-ring (bicyclic) bond motifs is 2. The quantitative estimate of drug-likeness (QED) is 0.160. The van der Waals surface area contributed by atoms with Gasteiger partial charge < -0.3 is 30.3 Å². The van der Waals surface area contributed by atoms with Crippen molar-refractivity contribution in [3.63, 3.8) is 0 Å². The molecule has 13 heteroatoms. The average molecular weight is 835 g/mol. The maximum absolute atomic E-state index is 11.3. The third kappa shape index (κ3) is 25.6. The molecule has 1 aliphatic rings. The molecule has 0 atom stereocenters. The van der Waals surface area contributed by atoms with Gasteiger partial charge in [0.15, 0.2) is 16.3 Å². The first kappa shape index (κ1) is 53.0. The predicted octanol–water partition coefficient (Wildman–Crippen LogP) is 7.75. The van der Waals surface area contributed by atoms with Crippen LogP contribution in [0.25, 0.3) is 21.8 Å². The summed E-state index contributed by atoms with van der Waals surface area (Å²) >= 11 is 8.70. The number of rotatable bonds is 2. The van der Waals surface area contributed by atoms with Gasteiger partial charge in [-0.1, -0.05) is 31.1 Å². The molecule has 2 aromatic carbocycles. The third-order valence-electron chi connectivity index (χ3n) is 5.40. The van der Waals surface area contributed by atoms with Gasteiger partial charge >= 0.3 is 5.97 Å². The van der Waals surface area contributed by atoms with Gasteiger partial charge in [0.2, 0.25) is 0 Å². The number of aliphatic hydroxyl groups is 1. The first-order chi connectivity index (χ1) is 21.7. The molecule has 1 aliphatic heterocycles. The molecular formula is C37H56AlBr2LiN2O7. The fourth-order valence-corrected chi connectivity index (χ4v) is 4.73. The van der Waals surface area contributed by atoms with Crippen molar-refractivity contribution in [2.75, 3.05) is 20.3 Å². The average Bonchev–Trinajstić information content (AvgIpc) is 3.54. The number of halogens is 2. The van der Waals surface area contributed by atoms with Gasteiger partial charge in [-0.25, -0.2) is 4.79 Å². The zero-order chi connectivity index (χ0) is 35.8. The van der Waals surface area contributed by atoms with E-state index >= 15 is 0 Å². The van der Waals surface area contributed by atoms with Gasteiger partial charge in [0.05, 0.1) is 41.5 Å². The van der Waals surface area contributed by atoms with Gasteiger partial charge in [-0.3, -0.25) is 9.97 Å². The number of ether oxygens (including phenoxy) is 3. The van der Waals surface area contributed by atoms with Crippen molar-refractivity contribution >= 4 is 94.8 Å². The summed E-state index contributed by atoms with van der Waals surface area (Å²) in [6.45, 7) is 21.1. The van der Waals surface area contributed by atoms with E-state index in [9.17, 15) is 4.79 Å². The smallest absolute Gasteiger partial charge is 0.337 e. The maximum Gasteiger partial charge on any atom is 0.337 e. The van der Waals surface area contributed by atoms with Crippen molar-refractivity contribution in [1.29, 1.82) is 0 Å². The van der Waals surface area contributed by atoms with Crippen LogP contribution in [0.3, 0.4) is 0 Å². The van der Waals surface area contributed by atoms with Crippen LogP contribution < -0.4 is 0 Å². The zero-order valence-electron chi connectivity index (χ0n) is 31.7. The Labute approximate surface area is 336 Å². The standard InChI is InChI=1S/C11H8BrNO2.C10H8BrNO.C8H18O.C4H8O.C4H9.Al.Li.2H2O.H/c1-15-11(14)7-2-3-10-8(4-7)5-9(12)6-13-10;11-9-4-8-3-7(6-13)1-2-10(8)12-5-9;1-7(2,3)9-8(4,5)6;1-2-4-5-3-1;1-4(2)3;;;;;/h2-6H,1H3;1-5,13H,6H2;1-6H3;1-4H2;1-3H3;;;2*1H2;. The normalized spacial score (nSPS) is 11.9. The van der Waals surface area contributed by atoms with Gasteiger partial charge in [-0.15, -0.1) is 0 Å². The van der Waals surface area contributed by atoms with E-state index in [1.807, 2.05) is 46.6 Å². The second kappa shape index (κ2) is 25.6. The van der Waals surface area contributed by atoms with Gasteiger partial charge in [-0.2, -0.15) is 0 Å². The topological polar surface area (TPSA) is 154 Å². The first-order valence-corrected chi connectivity index (χ1v) is 17.9. The summed E-state index contributed by atoms with van der Waals surface area (Å²) in [6, 6.07) is 14.9. The maximum atomic E-state index is 11.3. The number of aromatic nitrogens is 2. The fraction of sp³-hybridized carbons (Fsp3) is 0.486. The molecule has 2 radical (unpaired) electrons. The molecule has 9 nitrogen and oxygen atoms in total. The molecule has 5 N–H and O–H groups in total. The summed E-state index contributed by atoms with van der Waals surface area (Å²) in [5.74, 6) is -0.336. The molecule has 0 spiro atoms. The number of carbonyl (C=O) groups excluding carboxylic acids is 1. The number of benzene rings is 2. The molecule has 0 unspecified atom stereocenters. The minimum Gasteiger partial charge on any atom is -0.465 e. The van der Waals surface area contributed by atoms with Crippen LogP contribution in [-0.2, 0) is 20.8 Å². The Balaban J connectivity index is -0.000000578. The number of esters is 1. The Morgan fingerprint density at radius 1 is 0.800 bits per heavy atom. The Bertz CT molecular complexity index is 1510. The second-order valence-electron chi connectivity index (χ2n) is 14.1. The van der Waals surface area contributed by atoms with Gasteiger partial charge in [0.1, 0.15) is 0 Å². The third-order valence-corrected chi connectivity index (χ3v) is 6.27. The van der Waals surface area contributed by atoms with E-state index in [0.717, 1.165) is 49.5 Å². The number of hydrogen-bond donors (Lipinski definition) is 1. The molecule has 0 amide bonds. The molecule has 3 heterocycles. The predicted molar refractivity (Wildman–Crippen MR) is 217 cm³/mol. The number of aliphatic hydroxyl groups excluding tert-OH is 1. The summed E-state index contributed by atoms with van der Waals surface area (Å²) in [7, 11) is 1.37. The van der Waals surface area contributed by atoms with Crippen LogP contribution in [-0.4, -0.2) is 98.7 Å². The van der Waals surface area contributed by atoms with E-state index in [0.29, 0.717) is 9.84 Å². The largest absolute Gasteiger partial charge is 0.465 e. The van der Waals surface area contributed by atoms with E-state index in [4.69, 9.17) is 14.6 Å². The number of nitrogens with zero attached hydrogens (tertiary/aromatic N) is 2. The molecule has 1 saturated heterocycles. The molecule has 1 fully saturated rings. The fourth-order valence-electron chi connectivity index (χ4n) is 4.03. The van der Waals surface area contributed by atoms with Crippen molar-refractivity contribution in [2.45, 2.75) is 97.2 Å². The summed E-state index contributed by atoms with van der Waals surface area (Å²) in [5, 5.41) is 10.9. The Hall–Kier alpha value is -1.38.